The van der Waals surface area contributed by atoms with Gasteiger partial charge in [-0.3, -0.25) is 4.79 Å². The summed E-state index contributed by atoms with van der Waals surface area (Å²) >= 11 is 0. The van der Waals surface area contributed by atoms with Gasteiger partial charge in [-0.1, -0.05) is 36.4 Å². The van der Waals surface area contributed by atoms with Gasteiger partial charge < -0.3 is 15.8 Å². The second-order valence-corrected chi connectivity index (χ2v) is 4.93. The van der Waals surface area contributed by atoms with Crippen molar-refractivity contribution >= 4 is 28.1 Å². The number of nitrogen functional groups attached to an aromatic ring is 1. The van der Waals surface area contributed by atoms with Gasteiger partial charge >= 0.3 is 0 Å². The molecular weight excluding hydrogens is 276 g/mol. The highest BCUT2D eigenvalue weighted by atomic mass is 16.5. The monoisotopic (exact) mass is 292 g/mol. The first-order valence-corrected chi connectivity index (χ1v) is 6.91. The Hall–Kier alpha value is -3.01. The molecule has 0 bridgehead atoms. The van der Waals surface area contributed by atoms with Crippen LogP contribution in [0.25, 0.3) is 10.8 Å². The van der Waals surface area contributed by atoms with Gasteiger partial charge in [-0.05, 0) is 23.6 Å². The van der Waals surface area contributed by atoms with Crippen molar-refractivity contribution in [3.63, 3.8) is 0 Å². The average Bonchev–Trinajstić information content (AvgIpc) is 2.55. The summed E-state index contributed by atoms with van der Waals surface area (Å²) in [5.41, 5.74) is 7.50. The van der Waals surface area contributed by atoms with Crippen molar-refractivity contribution in [2.45, 2.75) is 0 Å². The van der Waals surface area contributed by atoms with Crippen LogP contribution >= 0.6 is 0 Å². The van der Waals surface area contributed by atoms with Gasteiger partial charge in [0.2, 0.25) is 0 Å². The zero-order valence-electron chi connectivity index (χ0n) is 12.2. The molecule has 0 spiro atoms. The predicted octanol–water partition coefficient (Wildman–Crippen LogP) is 3.68. The number of benzene rings is 3. The zero-order valence-corrected chi connectivity index (χ0v) is 12.2. The molecule has 4 nitrogen and oxygen atoms in total. The Kier molecular flexibility index (Phi) is 3.66. The Balaban J connectivity index is 1.93. The number of carbonyl (C=O) groups is 1. The standard InChI is InChI=1S/C18H16N2O2/c1-22-13-9-10-15(16(19)11-13)18(21)20-17-8-4-6-12-5-2-3-7-14(12)17/h2-11H,19H2,1H3,(H,20,21). The summed E-state index contributed by atoms with van der Waals surface area (Å²) in [5, 5.41) is 4.98. The Morgan fingerprint density at radius 2 is 1.82 bits per heavy atom. The molecule has 0 aliphatic rings. The van der Waals surface area contributed by atoms with E-state index in [1.165, 1.54) is 0 Å². The molecule has 0 unspecified atom stereocenters. The van der Waals surface area contributed by atoms with Gasteiger partial charge in [0, 0.05) is 22.8 Å². The number of ether oxygens (including phenoxy) is 1. The minimum atomic E-state index is -0.239. The number of hydrogen-bond donors (Lipinski definition) is 2. The first-order valence-electron chi connectivity index (χ1n) is 6.91. The van der Waals surface area contributed by atoms with Crippen LogP contribution in [-0.4, -0.2) is 13.0 Å². The number of nitrogens with two attached hydrogens (primary N) is 1. The summed E-state index contributed by atoms with van der Waals surface area (Å²) in [4.78, 5) is 12.4. The first kappa shape index (κ1) is 13.9. The number of nitrogens with one attached hydrogen (secondary N) is 1. The predicted molar refractivity (Wildman–Crippen MR) is 89.3 cm³/mol. The Morgan fingerprint density at radius 3 is 2.59 bits per heavy atom. The Labute approximate surface area is 128 Å². The van der Waals surface area contributed by atoms with Gasteiger partial charge in [0.15, 0.2) is 0 Å². The maximum absolute atomic E-state index is 12.4. The summed E-state index contributed by atoms with van der Waals surface area (Å²) in [7, 11) is 1.56. The van der Waals surface area contributed by atoms with Gasteiger partial charge in [-0.2, -0.15) is 0 Å². The van der Waals surface area contributed by atoms with Crippen LogP contribution in [0.5, 0.6) is 5.75 Å². The highest BCUT2D eigenvalue weighted by molar-refractivity contribution is 6.11. The first-order chi connectivity index (χ1) is 10.7. The van der Waals surface area contributed by atoms with Crippen molar-refractivity contribution in [3.05, 3.63) is 66.2 Å². The lowest BCUT2D eigenvalue weighted by Crippen LogP contribution is -2.14. The topological polar surface area (TPSA) is 64.3 Å². The molecular formula is C18H16N2O2. The molecule has 0 aliphatic carbocycles. The van der Waals surface area contributed by atoms with Crippen LogP contribution < -0.4 is 15.8 Å². The van der Waals surface area contributed by atoms with Crippen LogP contribution in [0.1, 0.15) is 10.4 Å². The van der Waals surface area contributed by atoms with E-state index >= 15 is 0 Å². The smallest absolute Gasteiger partial charge is 0.257 e. The SMILES string of the molecule is COc1ccc(C(=O)Nc2cccc3ccccc23)c(N)c1. The van der Waals surface area contributed by atoms with E-state index < -0.39 is 0 Å². The fraction of sp³-hybridized carbons (Fsp3) is 0.0556. The normalized spacial score (nSPS) is 10.4. The van der Waals surface area contributed by atoms with Gasteiger partial charge in [-0.15, -0.1) is 0 Å². The molecule has 0 aromatic heterocycles. The van der Waals surface area contributed by atoms with E-state index in [9.17, 15) is 4.79 Å². The molecule has 0 saturated carbocycles. The third kappa shape index (κ3) is 2.59. The number of carbonyl (C=O) groups excluding carboxylic acids is 1. The molecule has 3 aromatic carbocycles. The molecule has 0 atom stereocenters. The van der Waals surface area contributed by atoms with Crippen LogP contribution in [0.3, 0.4) is 0 Å². The largest absolute Gasteiger partial charge is 0.497 e. The summed E-state index contributed by atoms with van der Waals surface area (Å²) < 4.78 is 5.09. The molecule has 1 amide bonds. The quantitative estimate of drug-likeness (QED) is 0.724. The van der Waals surface area contributed by atoms with Crippen LogP contribution in [0.15, 0.2) is 60.7 Å². The lowest BCUT2D eigenvalue weighted by atomic mass is 10.1. The van der Waals surface area contributed by atoms with Crippen LogP contribution in [0.2, 0.25) is 0 Å². The lowest BCUT2D eigenvalue weighted by Gasteiger charge is -2.11. The number of fused-ring (bicyclic) bond motifs is 1. The van der Waals surface area contributed by atoms with E-state index in [4.69, 9.17) is 10.5 Å². The fourth-order valence-electron chi connectivity index (χ4n) is 2.40. The molecule has 110 valence electrons. The summed E-state index contributed by atoms with van der Waals surface area (Å²) in [6, 6.07) is 18.7. The van der Waals surface area contributed by atoms with Crippen molar-refractivity contribution in [1.29, 1.82) is 0 Å². The van der Waals surface area contributed by atoms with E-state index in [0.717, 1.165) is 16.5 Å². The third-order valence-electron chi connectivity index (χ3n) is 3.54. The van der Waals surface area contributed by atoms with Gasteiger partial charge in [0.1, 0.15) is 5.75 Å². The van der Waals surface area contributed by atoms with Crippen molar-refractivity contribution in [2.75, 3.05) is 18.2 Å². The van der Waals surface area contributed by atoms with Crippen LogP contribution in [0, 0.1) is 0 Å². The van der Waals surface area contributed by atoms with E-state index in [0.29, 0.717) is 17.0 Å². The van der Waals surface area contributed by atoms with Crippen LogP contribution in [-0.2, 0) is 0 Å². The highest BCUT2D eigenvalue weighted by Gasteiger charge is 2.12. The Morgan fingerprint density at radius 1 is 1.05 bits per heavy atom. The Bertz CT molecular complexity index is 838. The molecule has 22 heavy (non-hydrogen) atoms. The molecule has 3 rings (SSSR count). The molecule has 0 heterocycles. The number of hydrogen-bond acceptors (Lipinski definition) is 3. The number of rotatable bonds is 3. The number of amides is 1. The molecule has 0 saturated heterocycles. The summed E-state index contributed by atoms with van der Waals surface area (Å²) in [6.07, 6.45) is 0. The third-order valence-corrected chi connectivity index (χ3v) is 3.54. The lowest BCUT2D eigenvalue weighted by molar-refractivity contribution is 0.102. The average molecular weight is 292 g/mol. The molecule has 0 fully saturated rings. The van der Waals surface area contributed by atoms with E-state index in [-0.39, 0.29) is 5.91 Å². The van der Waals surface area contributed by atoms with Gasteiger partial charge in [-0.25, -0.2) is 0 Å². The minimum Gasteiger partial charge on any atom is -0.497 e. The summed E-state index contributed by atoms with van der Waals surface area (Å²) in [5.74, 6) is 0.385. The molecule has 3 aromatic rings. The van der Waals surface area contributed by atoms with Crippen molar-refractivity contribution in [1.82, 2.24) is 0 Å². The fourth-order valence-corrected chi connectivity index (χ4v) is 2.40. The van der Waals surface area contributed by atoms with E-state index in [2.05, 4.69) is 5.32 Å². The maximum atomic E-state index is 12.4. The molecule has 0 aliphatic heterocycles. The number of anilines is 2. The molecule has 3 N–H and O–H groups in total. The van der Waals surface area contributed by atoms with Gasteiger partial charge in [0.25, 0.3) is 5.91 Å². The van der Waals surface area contributed by atoms with E-state index in [1.54, 1.807) is 25.3 Å². The van der Waals surface area contributed by atoms with Crippen molar-refractivity contribution < 1.29 is 9.53 Å². The second kappa shape index (κ2) is 5.77. The minimum absolute atomic E-state index is 0.239. The zero-order chi connectivity index (χ0) is 15.5. The molecule has 0 radical (unpaired) electrons. The van der Waals surface area contributed by atoms with Gasteiger partial charge in [0.05, 0.1) is 12.7 Å². The summed E-state index contributed by atoms with van der Waals surface area (Å²) in [6.45, 7) is 0. The van der Waals surface area contributed by atoms with Crippen molar-refractivity contribution in [2.24, 2.45) is 0 Å². The van der Waals surface area contributed by atoms with E-state index in [1.807, 2.05) is 42.5 Å². The highest BCUT2D eigenvalue weighted by Crippen LogP contribution is 2.25. The maximum Gasteiger partial charge on any atom is 0.257 e. The number of methoxy groups -OCH3 is 1. The van der Waals surface area contributed by atoms with Crippen LogP contribution in [0.4, 0.5) is 11.4 Å². The second-order valence-electron chi connectivity index (χ2n) is 4.93. The van der Waals surface area contributed by atoms with Crippen molar-refractivity contribution in [3.8, 4) is 5.75 Å². The molecule has 4 heteroatoms.